The second-order valence-electron chi connectivity index (χ2n) is 6.16. The number of amides is 1. The molecular formula is C22H17N3O2. The summed E-state index contributed by atoms with van der Waals surface area (Å²) in [6.45, 7) is 0.401. The minimum absolute atomic E-state index is 0.169. The predicted octanol–water partition coefficient (Wildman–Crippen LogP) is 3.93. The highest BCUT2D eigenvalue weighted by Crippen LogP contribution is 2.26. The van der Waals surface area contributed by atoms with Crippen LogP contribution >= 0.6 is 0 Å². The lowest BCUT2D eigenvalue weighted by Gasteiger charge is -2.11. The Morgan fingerprint density at radius 2 is 1.81 bits per heavy atom. The highest BCUT2D eigenvalue weighted by molar-refractivity contribution is 6.07. The smallest absolute Gasteiger partial charge is 0.252 e. The molecule has 0 atom stereocenters. The van der Waals surface area contributed by atoms with Crippen LogP contribution in [0.1, 0.15) is 15.9 Å². The van der Waals surface area contributed by atoms with Gasteiger partial charge in [-0.15, -0.1) is 0 Å². The quantitative estimate of drug-likeness (QED) is 0.582. The Morgan fingerprint density at radius 3 is 2.59 bits per heavy atom. The first-order valence-corrected chi connectivity index (χ1v) is 8.57. The van der Waals surface area contributed by atoms with E-state index in [1.165, 1.54) is 0 Å². The van der Waals surface area contributed by atoms with Crippen molar-refractivity contribution >= 4 is 16.8 Å². The van der Waals surface area contributed by atoms with Crippen LogP contribution in [0.2, 0.25) is 0 Å². The Balaban J connectivity index is 1.72. The van der Waals surface area contributed by atoms with Crippen molar-refractivity contribution in [3.63, 3.8) is 0 Å². The number of pyridine rings is 2. The number of hydrogen-bond donors (Lipinski definition) is 2. The molecule has 0 fully saturated rings. The number of para-hydroxylation sites is 1. The van der Waals surface area contributed by atoms with E-state index in [2.05, 4.69) is 15.3 Å². The van der Waals surface area contributed by atoms with Crippen molar-refractivity contribution in [2.75, 3.05) is 0 Å². The van der Waals surface area contributed by atoms with E-state index in [0.717, 1.165) is 22.0 Å². The van der Waals surface area contributed by atoms with Gasteiger partial charge in [0.25, 0.3) is 5.91 Å². The number of benzene rings is 2. The molecule has 0 unspecified atom stereocenters. The van der Waals surface area contributed by atoms with Crippen LogP contribution in [0.5, 0.6) is 5.75 Å². The highest BCUT2D eigenvalue weighted by Gasteiger charge is 2.14. The second kappa shape index (κ2) is 7.25. The van der Waals surface area contributed by atoms with Crippen LogP contribution in [0.25, 0.3) is 22.2 Å². The molecule has 0 radical (unpaired) electrons. The summed E-state index contributed by atoms with van der Waals surface area (Å²) in [5.41, 5.74) is 3.75. The van der Waals surface area contributed by atoms with Crippen LogP contribution in [-0.4, -0.2) is 21.0 Å². The maximum Gasteiger partial charge on any atom is 0.252 e. The molecule has 4 rings (SSSR count). The fourth-order valence-electron chi connectivity index (χ4n) is 2.92. The molecule has 0 aliphatic heterocycles. The molecule has 0 aliphatic carbocycles. The summed E-state index contributed by atoms with van der Waals surface area (Å²) in [5, 5.41) is 13.3. The van der Waals surface area contributed by atoms with Crippen molar-refractivity contribution in [2.45, 2.75) is 6.54 Å². The van der Waals surface area contributed by atoms with E-state index in [9.17, 15) is 9.90 Å². The summed E-state index contributed by atoms with van der Waals surface area (Å²) < 4.78 is 0. The van der Waals surface area contributed by atoms with Crippen LogP contribution in [0.4, 0.5) is 0 Å². The third kappa shape index (κ3) is 3.62. The van der Waals surface area contributed by atoms with Gasteiger partial charge in [-0.25, -0.2) is 4.98 Å². The average molecular weight is 355 g/mol. The predicted molar refractivity (Wildman–Crippen MR) is 104 cm³/mol. The molecule has 2 N–H and O–H groups in total. The Kier molecular flexibility index (Phi) is 4.49. The first kappa shape index (κ1) is 16.7. The molecule has 132 valence electrons. The van der Waals surface area contributed by atoms with Gasteiger partial charge in [-0.05, 0) is 48.0 Å². The minimum Gasteiger partial charge on any atom is -0.508 e. The van der Waals surface area contributed by atoms with Gasteiger partial charge < -0.3 is 10.4 Å². The number of nitrogens with zero attached hydrogens (tertiary/aromatic N) is 2. The summed E-state index contributed by atoms with van der Waals surface area (Å²) in [7, 11) is 0. The molecule has 2 heterocycles. The minimum atomic E-state index is -0.169. The number of hydrogen-bond acceptors (Lipinski definition) is 4. The third-order valence-corrected chi connectivity index (χ3v) is 4.30. The van der Waals surface area contributed by atoms with Crippen LogP contribution < -0.4 is 5.32 Å². The largest absolute Gasteiger partial charge is 0.508 e. The number of rotatable bonds is 4. The van der Waals surface area contributed by atoms with Crippen molar-refractivity contribution in [1.82, 2.24) is 15.3 Å². The molecule has 1 amide bonds. The number of phenols is 1. The van der Waals surface area contributed by atoms with Crippen LogP contribution in [-0.2, 0) is 6.54 Å². The van der Waals surface area contributed by atoms with Crippen molar-refractivity contribution in [3.05, 3.63) is 90.3 Å². The third-order valence-electron chi connectivity index (χ3n) is 4.30. The Hall–Kier alpha value is -3.73. The zero-order chi connectivity index (χ0) is 18.6. The number of carbonyl (C=O) groups excluding carboxylic acids is 1. The number of nitrogens with one attached hydrogen (secondary N) is 1. The Labute approximate surface area is 156 Å². The fourth-order valence-corrected chi connectivity index (χ4v) is 2.92. The molecule has 5 nitrogen and oxygen atoms in total. The lowest BCUT2D eigenvalue weighted by Crippen LogP contribution is -2.23. The molecule has 0 bridgehead atoms. The van der Waals surface area contributed by atoms with Gasteiger partial charge in [0.05, 0.1) is 16.8 Å². The van der Waals surface area contributed by atoms with Crippen molar-refractivity contribution in [3.8, 4) is 17.0 Å². The highest BCUT2D eigenvalue weighted by atomic mass is 16.3. The summed E-state index contributed by atoms with van der Waals surface area (Å²) >= 11 is 0. The summed E-state index contributed by atoms with van der Waals surface area (Å²) in [6, 6.07) is 19.9. The normalized spacial score (nSPS) is 10.7. The van der Waals surface area contributed by atoms with Gasteiger partial charge in [-0.2, -0.15) is 0 Å². The molecule has 5 heteroatoms. The lowest BCUT2D eigenvalue weighted by atomic mass is 10.0. The van der Waals surface area contributed by atoms with E-state index in [4.69, 9.17) is 0 Å². The second-order valence-corrected chi connectivity index (χ2v) is 6.16. The van der Waals surface area contributed by atoms with E-state index < -0.39 is 0 Å². The standard InChI is InChI=1S/C22H17N3O2/c26-17-9-7-16(8-10-17)21-12-19(18-5-1-2-6-20(18)25-21)22(27)24-14-15-4-3-11-23-13-15/h1-13,26H,14H2,(H,24,27). The van der Waals surface area contributed by atoms with Crippen molar-refractivity contribution in [2.24, 2.45) is 0 Å². The first-order chi connectivity index (χ1) is 13.2. The number of phenolic OH excluding ortho intramolecular Hbond substituents is 1. The van der Waals surface area contributed by atoms with Crippen LogP contribution in [0.3, 0.4) is 0 Å². The molecule has 0 saturated carbocycles. The fraction of sp³-hybridized carbons (Fsp3) is 0.0455. The monoisotopic (exact) mass is 355 g/mol. The van der Waals surface area contributed by atoms with E-state index >= 15 is 0 Å². The van der Waals surface area contributed by atoms with Crippen LogP contribution in [0, 0.1) is 0 Å². The van der Waals surface area contributed by atoms with E-state index in [0.29, 0.717) is 17.8 Å². The zero-order valence-corrected chi connectivity index (χ0v) is 14.5. The van der Waals surface area contributed by atoms with Crippen molar-refractivity contribution in [1.29, 1.82) is 0 Å². The molecule has 0 saturated heterocycles. The summed E-state index contributed by atoms with van der Waals surface area (Å²) in [4.78, 5) is 21.6. The first-order valence-electron chi connectivity index (χ1n) is 8.57. The van der Waals surface area contributed by atoms with Gasteiger partial charge in [0.15, 0.2) is 0 Å². The number of aromatic nitrogens is 2. The van der Waals surface area contributed by atoms with Gasteiger partial charge >= 0.3 is 0 Å². The van der Waals surface area contributed by atoms with Gasteiger partial charge in [-0.3, -0.25) is 9.78 Å². The number of fused-ring (bicyclic) bond motifs is 1. The van der Waals surface area contributed by atoms with E-state index in [-0.39, 0.29) is 11.7 Å². The van der Waals surface area contributed by atoms with Gasteiger partial charge in [-0.1, -0.05) is 24.3 Å². The molecular weight excluding hydrogens is 338 g/mol. The summed E-state index contributed by atoms with van der Waals surface area (Å²) in [5.74, 6) is 0.0199. The van der Waals surface area contributed by atoms with Crippen molar-refractivity contribution < 1.29 is 9.90 Å². The SMILES string of the molecule is O=C(NCc1cccnc1)c1cc(-c2ccc(O)cc2)nc2ccccc12. The Bertz CT molecular complexity index is 1090. The Morgan fingerprint density at radius 1 is 1.00 bits per heavy atom. The maximum atomic E-state index is 12.9. The molecule has 27 heavy (non-hydrogen) atoms. The lowest BCUT2D eigenvalue weighted by molar-refractivity contribution is 0.0952. The average Bonchev–Trinajstić information content (AvgIpc) is 2.72. The molecule has 2 aromatic carbocycles. The topological polar surface area (TPSA) is 75.1 Å². The number of aromatic hydroxyl groups is 1. The van der Waals surface area contributed by atoms with Gasteiger partial charge in [0, 0.05) is 29.9 Å². The molecule has 2 aromatic heterocycles. The zero-order valence-electron chi connectivity index (χ0n) is 14.5. The summed E-state index contributed by atoms with van der Waals surface area (Å²) in [6.07, 6.45) is 3.43. The van der Waals surface area contributed by atoms with Gasteiger partial charge in [0.1, 0.15) is 5.75 Å². The van der Waals surface area contributed by atoms with E-state index in [1.807, 2.05) is 36.4 Å². The maximum absolute atomic E-state index is 12.9. The molecule has 0 spiro atoms. The number of carbonyl (C=O) groups is 1. The van der Waals surface area contributed by atoms with E-state index in [1.54, 1.807) is 42.7 Å². The molecule has 0 aliphatic rings. The van der Waals surface area contributed by atoms with Crippen LogP contribution in [0.15, 0.2) is 79.1 Å². The van der Waals surface area contributed by atoms with Gasteiger partial charge in [0.2, 0.25) is 0 Å². The molecule has 4 aromatic rings.